The first-order valence-electron chi connectivity index (χ1n) is 6.87. The summed E-state index contributed by atoms with van der Waals surface area (Å²) in [5.41, 5.74) is -0.0577. The summed E-state index contributed by atoms with van der Waals surface area (Å²) in [6.07, 6.45) is 1.30. The van der Waals surface area contributed by atoms with Gasteiger partial charge in [-0.3, -0.25) is 19.2 Å². The number of hydrogen-bond donors (Lipinski definition) is 0. The lowest BCUT2D eigenvalue weighted by atomic mass is 10.1. The Morgan fingerprint density at radius 3 is 2.24 bits per heavy atom. The van der Waals surface area contributed by atoms with E-state index in [9.17, 15) is 14.4 Å². The van der Waals surface area contributed by atoms with Crippen LogP contribution in [-0.4, -0.2) is 36.1 Å². The fourth-order valence-electron chi connectivity index (χ4n) is 2.31. The van der Waals surface area contributed by atoms with Gasteiger partial charge in [-0.15, -0.1) is 5.06 Å². The molecule has 1 fully saturated rings. The molecule has 6 heteroatoms. The summed E-state index contributed by atoms with van der Waals surface area (Å²) in [5, 5.41) is 0.740. The molecular formula is C15H15NO5. The van der Waals surface area contributed by atoms with Crippen LogP contribution in [0.5, 0.6) is 0 Å². The number of nitrogens with zero attached hydrogens (tertiary/aromatic N) is 1. The first-order chi connectivity index (χ1) is 10.1. The maximum absolute atomic E-state index is 12.1. The molecule has 0 spiro atoms. The minimum Gasteiger partial charge on any atom is -0.465 e. The van der Waals surface area contributed by atoms with Gasteiger partial charge in [0.1, 0.15) is 0 Å². The average Bonchev–Trinajstić information content (AvgIpc) is 3.24. The fraction of sp³-hybridized carbons (Fsp3) is 0.400. The molecule has 0 aromatic heterocycles. The number of hydrogen-bond acceptors (Lipinski definition) is 5. The molecule has 0 N–H and O–H groups in total. The van der Waals surface area contributed by atoms with Gasteiger partial charge in [0.15, 0.2) is 0 Å². The zero-order chi connectivity index (χ0) is 15.0. The van der Waals surface area contributed by atoms with Crippen LogP contribution in [0.1, 0.15) is 40.5 Å². The molecule has 1 saturated carbocycles. The van der Waals surface area contributed by atoms with E-state index in [4.69, 9.17) is 9.57 Å². The van der Waals surface area contributed by atoms with Crippen LogP contribution in [0.15, 0.2) is 24.3 Å². The number of fused-ring (bicyclic) bond motifs is 1. The molecule has 1 aromatic carbocycles. The Balaban J connectivity index is 1.69. The van der Waals surface area contributed by atoms with Crippen molar-refractivity contribution >= 4 is 17.8 Å². The quantitative estimate of drug-likeness (QED) is 0.607. The Hall–Kier alpha value is -2.21. The van der Waals surface area contributed by atoms with E-state index in [-0.39, 0.29) is 12.6 Å². The zero-order valence-electron chi connectivity index (χ0n) is 11.6. The Labute approximate surface area is 121 Å². The summed E-state index contributed by atoms with van der Waals surface area (Å²) in [6.45, 7) is 2.02. The molecule has 0 bridgehead atoms. The van der Waals surface area contributed by atoms with Crippen molar-refractivity contribution in [2.45, 2.75) is 19.8 Å². The molecule has 2 amide bonds. The molecule has 21 heavy (non-hydrogen) atoms. The third kappa shape index (κ3) is 2.21. The summed E-state index contributed by atoms with van der Waals surface area (Å²) < 4.78 is 4.99. The Morgan fingerprint density at radius 1 is 1.19 bits per heavy atom. The van der Waals surface area contributed by atoms with E-state index >= 15 is 0 Å². The Kier molecular flexibility index (Phi) is 3.25. The predicted octanol–water partition coefficient (Wildman–Crippen LogP) is 1.56. The molecule has 1 heterocycles. The van der Waals surface area contributed by atoms with Gasteiger partial charge in [0.05, 0.1) is 29.8 Å². The van der Waals surface area contributed by atoms with E-state index in [1.807, 2.05) is 0 Å². The predicted molar refractivity (Wildman–Crippen MR) is 71.2 cm³/mol. The number of hydroxylamine groups is 2. The van der Waals surface area contributed by atoms with Crippen molar-refractivity contribution in [2.24, 2.45) is 5.41 Å². The number of imide groups is 1. The third-order valence-electron chi connectivity index (χ3n) is 3.79. The first kappa shape index (κ1) is 13.8. The summed E-state index contributed by atoms with van der Waals surface area (Å²) in [4.78, 5) is 41.4. The number of carbonyl (C=O) groups is 3. The molecule has 0 atom stereocenters. The Morgan fingerprint density at radius 2 is 1.76 bits per heavy atom. The second-order valence-electron chi connectivity index (χ2n) is 5.22. The van der Waals surface area contributed by atoms with E-state index in [1.165, 1.54) is 0 Å². The van der Waals surface area contributed by atoms with E-state index in [0.717, 1.165) is 5.06 Å². The molecule has 3 rings (SSSR count). The lowest BCUT2D eigenvalue weighted by Crippen LogP contribution is -2.35. The standard InChI is InChI=1S/C15H15NO5/c1-2-20-14(19)15(7-8-15)9-21-16-12(17)10-5-3-4-6-11(10)13(16)18/h3-6H,2,7-9H2,1H3. The molecule has 1 aliphatic carbocycles. The third-order valence-corrected chi connectivity index (χ3v) is 3.79. The van der Waals surface area contributed by atoms with Crippen molar-refractivity contribution in [1.82, 2.24) is 5.06 Å². The monoisotopic (exact) mass is 289 g/mol. The fourth-order valence-corrected chi connectivity index (χ4v) is 2.31. The van der Waals surface area contributed by atoms with Gasteiger partial charge in [-0.1, -0.05) is 12.1 Å². The van der Waals surface area contributed by atoms with Crippen LogP contribution in [0.4, 0.5) is 0 Å². The zero-order valence-corrected chi connectivity index (χ0v) is 11.6. The summed E-state index contributed by atoms with van der Waals surface area (Å²) in [5.74, 6) is -1.31. The average molecular weight is 289 g/mol. The van der Waals surface area contributed by atoms with Gasteiger partial charge in [-0.05, 0) is 31.9 Å². The number of esters is 1. The summed E-state index contributed by atoms with van der Waals surface area (Å²) >= 11 is 0. The number of rotatable bonds is 5. The van der Waals surface area contributed by atoms with Crippen molar-refractivity contribution < 1.29 is 24.0 Å². The molecule has 1 aliphatic heterocycles. The van der Waals surface area contributed by atoms with E-state index in [0.29, 0.717) is 30.6 Å². The maximum Gasteiger partial charge on any atom is 0.314 e. The molecule has 0 radical (unpaired) electrons. The van der Waals surface area contributed by atoms with Crippen molar-refractivity contribution in [3.05, 3.63) is 35.4 Å². The smallest absolute Gasteiger partial charge is 0.314 e. The van der Waals surface area contributed by atoms with Crippen molar-refractivity contribution in [1.29, 1.82) is 0 Å². The van der Waals surface area contributed by atoms with Crippen LogP contribution in [0, 0.1) is 5.41 Å². The van der Waals surface area contributed by atoms with Gasteiger partial charge >= 0.3 is 5.97 Å². The largest absolute Gasteiger partial charge is 0.465 e. The van der Waals surface area contributed by atoms with Crippen LogP contribution < -0.4 is 0 Å². The molecule has 6 nitrogen and oxygen atoms in total. The highest BCUT2D eigenvalue weighted by Gasteiger charge is 2.53. The summed E-state index contributed by atoms with van der Waals surface area (Å²) in [6, 6.07) is 6.54. The lowest BCUT2D eigenvalue weighted by molar-refractivity contribution is -0.160. The van der Waals surface area contributed by atoms with Gasteiger partial charge in [-0.2, -0.15) is 0 Å². The van der Waals surface area contributed by atoms with Gasteiger partial charge in [0.2, 0.25) is 0 Å². The van der Waals surface area contributed by atoms with Crippen LogP contribution in [0.25, 0.3) is 0 Å². The molecule has 110 valence electrons. The number of benzene rings is 1. The second-order valence-corrected chi connectivity index (χ2v) is 5.22. The van der Waals surface area contributed by atoms with Crippen molar-refractivity contribution in [3.8, 4) is 0 Å². The minimum absolute atomic E-state index is 0.0166. The van der Waals surface area contributed by atoms with Crippen molar-refractivity contribution in [2.75, 3.05) is 13.2 Å². The normalized spacial score (nSPS) is 18.6. The first-order valence-corrected chi connectivity index (χ1v) is 6.87. The Bertz CT molecular complexity index is 585. The molecule has 2 aliphatic rings. The van der Waals surface area contributed by atoms with Gasteiger partial charge in [0, 0.05) is 0 Å². The highest BCUT2D eigenvalue weighted by atomic mass is 16.7. The van der Waals surface area contributed by atoms with Crippen LogP contribution in [-0.2, 0) is 14.4 Å². The van der Waals surface area contributed by atoms with E-state index < -0.39 is 17.2 Å². The highest BCUT2D eigenvalue weighted by molar-refractivity contribution is 6.20. The van der Waals surface area contributed by atoms with E-state index in [2.05, 4.69) is 0 Å². The van der Waals surface area contributed by atoms with Gasteiger partial charge in [-0.25, -0.2) is 0 Å². The lowest BCUT2D eigenvalue weighted by Gasteiger charge is -2.18. The van der Waals surface area contributed by atoms with Gasteiger partial charge in [0.25, 0.3) is 11.8 Å². The minimum atomic E-state index is -0.703. The number of amides is 2. The molecule has 1 aromatic rings. The van der Waals surface area contributed by atoms with E-state index in [1.54, 1.807) is 31.2 Å². The highest BCUT2D eigenvalue weighted by Crippen LogP contribution is 2.47. The van der Waals surface area contributed by atoms with Crippen molar-refractivity contribution in [3.63, 3.8) is 0 Å². The van der Waals surface area contributed by atoms with Crippen LogP contribution in [0.2, 0.25) is 0 Å². The topological polar surface area (TPSA) is 72.9 Å². The van der Waals surface area contributed by atoms with Gasteiger partial charge < -0.3 is 4.74 Å². The number of ether oxygens (including phenoxy) is 1. The second kappa shape index (κ2) is 4.96. The maximum atomic E-state index is 12.1. The summed E-state index contributed by atoms with van der Waals surface area (Å²) in [7, 11) is 0. The number of carbonyl (C=O) groups excluding carboxylic acids is 3. The SMILES string of the molecule is CCOC(=O)C1(CON2C(=O)c3ccccc3C2=O)CC1. The molecule has 0 saturated heterocycles. The molecular weight excluding hydrogens is 274 g/mol. The van der Waals surface area contributed by atoms with Crippen LogP contribution in [0.3, 0.4) is 0 Å². The molecule has 0 unspecified atom stereocenters. The van der Waals surface area contributed by atoms with Crippen LogP contribution >= 0.6 is 0 Å².